The highest BCUT2D eigenvalue weighted by molar-refractivity contribution is 5.96. The molecule has 0 saturated heterocycles. The van der Waals surface area contributed by atoms with Crippen molar-refractivity contribution in [3.8, 4) is 12.3 Å². The predicted octanol–water partition coefficient (Wildman–Crippen LogP) is 2.74. The summed E-state index contributed by atoms with van der Waals surface area (Å²) in [4.78, 5) is 13.5. The van der Waals surface area contributed by atoms with E-state index in [0.717, 1.165) is 17.8 Å². The van der Waals surface area contributed by atoms with Crippen molar-refractivity contribution in [2.75, 3.05) is 18.0 Å². The zero-order valence-electron chi connectivity index (χ0n) is 9.86. The lowest BCUT2D eigenvalue weighted by Gasteiger charge is -2.20. The van der Waals surface area contributed by atoms with Crippen LogP contribution in [-0.4, -0.2) is 18.9 Å². The van der Waals surface area contributed by atoms with Crippen LogP contribution in [-0.2, 0) is 0 Å². The number of carbonyl (C=O) groups is 1. The second kappa shape index (κ2) is 5.97. The highest BCUT2D eigenvalue weighted by Crippen LogP contribution is 2.15. The van der Waals surface area contributed by atoms with Gasteiger partial charge >= 0.3 is 0 Å². The maximum absolute atomic E-state index is 11.4. The molecule has 0 aliphatic heterocycles. The minimum Gasteiger partial charge on any atom is -0.361 e. The second-order valence-electron chi connectivity index (χ2n) is 3.54. The Labute approximate surface area is 97.3 Å². The third-order valence-corrected chi connectivity index (χ3v) is 2.54. The summed E-state index contributed by atoms with van der Waals surface area (Å²) in [6.07, 6.45) is 5.84. The van der Waals surface area contributed by atoms with Gasteiger partial charge in [-0.15, -0.1) is 6.42 Å². The number of anilines is 1. The first kappa shape index (κ1) is 12.3. The summed E-state index contributed by atoms with van der Waals surface area (Å²) in [7, 11) is 0. The molecular weight excluding hydrogens is 198 g/mol. The van der Waals surface area contributed by atoms with Gasteiger partial charge in [0.25, 0.3) is 0 Å². The van der Waals surface area contributed by atoms with Crippen LogP contribution in [0.3, 0.4) is 0 Å². The van der Waals surface area contributed by atoms with Gasteiger partial charge in [-0.2, -0.15) is 0 Å². The Morgan fingerprint density at radius 3 is 2.38 bits per heavy atom. The minimum absolute atomic E-state index is 0.173. The highest BCUT2D eigenvalue weighted by Gasteiger charge is 2.05. The molecule has 84 valence electrons. The van der Waals surface area contributed by atoms with Gasteiger partial charge in [0.1, 0.15) is 0 Å². The van der Waals surface area contributed by atoms with Crippen LogP contribution in [0.5, 0.6) is 0 Å². The Bertz CT molecular complexity index is 386. The van der Waals surface area contributed by atoms with Crippen LogP contribution in [0.1, 0.15) is 30.6 Å². The molecule has 0 aliphatic rings. The zero-order valence-corrected chi connectivity index (χ0v) is 9.86. The number of terminal acetylenes is 1. The molecule has 0 saturated carbocycles. The van der Waals surface area contributed by atoms with E-state index in [1.165, 1.54) is 0 Å². The van der Waals surface area contributed by atoms with E-state index in [9.17, 15) is 4.79 Å². The molecule has 0 bridgehead atoms. The topological polar surface area (TPSA) is 20.3 Å². The van der Waals surface area contributed by atoms with Crippen molar-refractivity contribution in [1.82, 2.24) is 0 Å². The molecule has 1 rings (SSSR count). The molecule has 1 aromatic carbocycles. The Morgan fingerprint density at radius 1 is 1.31 bits per heavy atom. The van der Waals surface area contributed by atoms with E-state index in [4.69, 9.17) is 6.42 Å². The van der Waals surface area contributed by atoms with Crippen molar-refractivity contribution in [1.29, 1.82) is 0 Å². The number of Topliss-reactive ketones (excluding diaryl/α,β-unsaturated/α-hetero) is 1. The van der Waals surface area contributed by atoms with Crippen molar-refractivity contribution in [3.05, 3.63) is 29.8 Å². The van der Waals surface area contributed by atoms with E-state index in [0.29, 0.717) is 13.0 Å². The Morgan fingerprint density at radius 2 is 1.94 bits per heavy atom. The average molecular weight is 215 g/mol. The molecule has 0 heterocycles. The van der Waals surface area contributed by atoms with Crippen LogP contribution in [0.2, 0.25) is 0 Å². The smallest absolute Gasteiger partial charge is 0.162 e. The van der Waals surface area contributed by atoms with Gasteiger partial charge in [-0.1, -0.05) is 12.8 Å². The summed E-state index contributed by atoms with van der Waals surface area (Å²) in [5, 5.41) is 0. The fourth-order valence-corrected chi connectivity index (χ4v) is 1.56. The largest absolute Gasteiger partial charge is 0.361 e. The maximum atomic E-state index is 11.4. The molecule has 0 unspecified atom stereocenters. The van der Waals surface area contributed by atoms with Gasteiger partial charge in [-0.3, -0.25) is 4.79 Å². The van der Waals surface area contributed by atoms with E-state index in [-0.39, 0.29) is 5.78 Å². The summed E-state index contributed by atoms with van der Waals surface area (Å²) in [6.45, 7) is 5.39. The third-order valence-electron chi connectivity index (χ3n) is 2.54. The van der Waals surface area contributed by atoms with Crippen molar-refractivity contribution >= 4 is 11.5 Å². The van der Waals surface area contributed by atoms with Crippen LogP contribution in [0.15, 0.2) is 24.3 Å². The van der Waals surface area contributed by atoms with Gasteiger partial charge in [0, 0.05) is 24.2 Å². The van der Waals surface area contributed by atoms with Crippen molar-refractivity contribution in [2.45, 2.75) is 20.3 Å². The number of hydrogen-bond acceptors (Lipinski definition) is 2. The summed E-state index contributed by atoms with van der Waals surface area (Å²) in [5.74, 6) is 2.80. The number of nitrogens with zero attached hydrogens (tertiary/aromatic N) is 1. The SMILES string of the molecule is C#CCN(CC)c1ccc(C(=O)CC)cc1. The first-order chi connectivity index (χ1) is 7.72. The molecule has 0 spiro atoms. The predicted molar refractivity (Wildman–Crippen MR) is 67.8 cm³/mol. The van der Waals surface area contributed by atoms with Crippen LogP contribution in [0.25, 0.3) is 0 Å². The molecule has 2 nitrogen and oxygen atoms in total. The second-order valence-corrected chi connectivity index (χ2v) is 3.54. The fraction of sp³-hybridized carbons (Fsp3) is 0.357. The molecule has 0 N–H and O–H groups in total. The molecule has 0 fully saturated rings. The Hall–Kier alpha value is -1.75. The van der Waals surface area contributed by atoms with Crippen molar-refractivity contribution in [3.63, 3.8) is 0 Å². The van der Waals surface area contributed by atoms with Crippen LogP contribution < -0.4 is 4.90 Å². The van der Waals surface area contributed by atoms with Gasteiger partial charge in [0.15, 0.2) is 5.78 Å². The van der Waals surface area contributed by atoms with E-state index in [1.54, 1.807) is 0 Å². The first-order valence-electron chi connectivity index (χ1n) is 5.54. The van der Waals surface area contributed by atoms with E-state index in [1.807, 2.05) is 31.2 Å². The lowest BCUT2D eigenvalue weighted by Crippen LogP contribution is -2.22. The lowest BCUT2D eigenvalue weighted by molar-refractivity contribution is 0.0988. The first-order valence-corrected chi connectivity index (χ1v) is 5.54. The fourth-order valence-electron chi connectivity index (χ4n) is 1.56. The molecule has 0 amide bonds. The van der Waals surface area contributed by atoms with E-state index < -0.39 is 0 Å². The molecule has 0 radical (unpaired) electrons. The summed E-state index contributed by atoms with van der Waals surface area (Å²) >= 11 is 0. The van der Waals surface area contributed by atoms with Crippen LogP contribution in [0, 0.1) is 12.3 Å². The Balaban J connectivity index is 2.85. The van der Waals surface area contributed by atoms with Crippen LogP contribution >= 0.6 is 0 Å². The minimum atomic E-state index is 0.173. The van der Waals surface area contributed by atoms with Gasteiger partial charge in [-0.05, 0) is 31.2 Å². The number of rotatable bonds is 5. The number of carbonyl (C=O) groups excluding carboxylic acids is 1. The zero-order chi connectivity index (χ0) is 12.0. The quantitative estimate of drug-likeness (QED) is 0.556. The molecular formula is C14H17NO. The average Bonchev–Trinajstić information content (AvgIpc) is 2.35. The molecule has 16 heavy (non-hydrogen) atoms. The summed E-state index contributed by atoms with van der Waals surface area (Å²) < 4.78 is 0. The third kappa shape index (κ3) is 2.87. The Kier molecular flexibility index (Phi) is 4.60. The van der Waals surface area contributed by atoms with Gasteiger partial charge in [0.2, 0.25) is 0 Å². The molecule has 0 aromatic heterocycles. The molecule has 2 heteroatoms. The van der Waals surface area contributed by atoms with Gasteiger partial charge in [0.05, 0.1) is 6.54 Å². The monoisotopic (exact) mass is 215 g/mol. The number of benzene rings is 1. The van der Waals surface area contributed by atoms with Crippen molar-refractivity contribution < 1.29 is 4.79 Å². The van der Waals surface area contributed by atoms with Gasteiger partial charge < -0.3 is 4.90 Å². The van der Waals surface area contributed by atoms with E-state index >= 15 is 0 Å². The molecule has 1 aromatic rings. The summed E-state index contributed by atoms with van der Waals surface area (Å²) in [6, 6.07) is 7.62. The summed E-state index contributed by atoms with van der Waals surface area (Å²) in [5.41, 5.74) is 1.83. The van der Waals surface area contributed by atoms with E-state index in [2.05, 4.69) is 17.7 Å². The number of hydrogen-bond donors (Lipinski definition) is 0. The lowest BCUT2D eigenvalue weighted by atomic mass is 10.1. The number of ketones is 1. The van der Waals surface area contributed by atoms with Crippen molar-refractivity contribution in [2.24, 2.45) is 0 Å². The van der Waals surface area contributed by atoms with Crippen LogP contribution in [0.4, 0.5) is 5.69 Å². The maximum Gasteiger partial charge on any atom is 0.162 e. The van der Waals surface area contributed by atoms with Gasteiger partial charge in [-0.25, -0.2) is 0 Å². The highest BCUT2D eigenvalue weighted by atomic mass is 16.1. The molecule has 0 atom stereocenters. The normalized spacial score (nSPS) is 9.56. The molecule has 0 aliphatic carbocycles. The standard InChI is InChI=1S/C14H17NO/c1-4-11-15(6-3)13-9-7-12(8-10-13)14(16)5-2/h1,7-10H,5-6,11H2,2-3H3.